The fraction of sp³-hybridized carbons (Fsp3) is 0.300. The Hall–Kier alpha value is -2.80. The van der Waals surface area contributed by atoms with E-state index in [0.29, 0.717) is 24.2 Å². The van der Waals surface area contributed by atoms with Crippen LogP contribution in [0.15, 0.2) is 42.5 Å². The molecule has 0 bridgehead atoms. The van der Waals surface area contributed by atoms with E-state index in [1.807, 2.05) is 4.90 Å². The van der Waals surface area contributed by atoms with Crippen molar-refractivity contribution in [2.75, 3.05) is 31.1 Å². The van der Waals surface area contributed by atoms with Gasteiger partial charge in [-0.15, -0.1) is 0 Å². The van der Waals surface area contributed by atoms with Crippen LogP contribution in [0.4, 0.5) is 5.69 Å². The molecule has 2 aromatic rings. The molecule has 0 aliphatic carbocycles. The lowest BCUT2D eigenvalue weighted by Gasteiger charge is -2.37. The SMILES string of the molecule is Cc1cccc(N2CCN(C(=O)c3ccc(C#N)cc3)CC2)c1C. The second-order valence-electron chi connectivity index (χ2n) is 6.19. The molecule has 1 aliphatic rings. The van der Waals surface area contributed by atoms with E-state index in [2.05, 4.69) is 43.0 Å². The lowest BCUT2D eigenvalue weighted by Crippen LogP contribution is -2.49. The highest BCUT2D eigenvalue weighted by atomic mass is 16.2. The van der Waals surface area contributed by atoms with Crippen LogP contribution in [0.2, 0.25) is 0 Å². The summed E-state index contributed by atoms with van der Waals surface area (Å²) in [5, 5.41) is 8.84. The normalized spacial score (nSPS) is 14.4. The van der Waals surface area contributed by atoms with E-state index in [1.165, 1.54) is 16.8 Å². The fourth-order valence-corrected chi connectivity index (χ4v) is 3.10. The summed E-state index contributed by atoms with van der Waals surface area (Å²) >= 11 is 0. The molecule has 1 amide bonds. The number of anilines is 1. The first-order valence-electron chi connectivity index (χ1n) is 8.21. The van der Waals surface area contributed by atoms with E-state index < -0.39 is 0 Å². The van der Waals surface area contributed by atoms with Crippen molar-refractivity contribution in [2.45, 2.75) is 13.8 Å². The number of hydrogen-bond acceptors (Lipinski definition) is 3. The van der Waals surface area contributed by atoms with Crippen LogP contribution in [-0.4, -0.2) is 37.0 Å². The first kappa shape index (κ1) is 16.1. The summed E-state index contributed by atoms with van der Waals surface area (Å²) in [6.07, 6.45) is 0. The Kier molecular flexibility index (Phi) is 4.52. The molecule has 1 saturated heterocycles. The topological polar surface area (TPSA) is 47.3 Å². The average Bonchev–Trinajstić information content (AvgIpc) is 2.64. The zero-order valence-electron chi connectivity index (χ0n) is 14.1. The predicted octanol–water partition coefficient (Wildman–Crippen LogP) is 3.14. The number of carbonyl (C=O) groups is 1. The van der Waals surface area contributed by atoms with Gasteiger partial charge in [-0.05, 0) is 55.3 Å². The number of rotatable bonds is 2. The molecule has 24 heavy (non-hydrogen) atoms. The third kappa shape index (κ3) is 3.11. The van der Waals surface area contributed by atoms with Gasteiger partial charge in [-0.25, -0.2) is 0 Å². The van der Waals surface area contributed by atoms with Crippen molar-refractivity contribution >= 4 is 11.6 Å². The highest BCUT2D eigenvalue weighted by Gasteiger charge is 2.23. The van der Waals surface area contributed by atoms with Gasteiger partial charge in [-0.2, -0.15) is 5.26 Å². The maximum atomic E-state index is 12.6. The van der Waals surface area contributed by atoms with E-state index in [1.54, 1.807) is 24.3 Å². The van der Waals surface area contributed by atoms with Crippen molar-refractivity contribution in [3.05, 3.63) is 64.7 Å². The minimum Gasteiger partial charge on any atom is -0.368 e. The lowest BCUT2D eigenvalue weighted by atomic mass is 10.1. The van der Waals surface area contributed by atoms with E-state index in [9.17, 15) is 4.79 Å². The van der Waals surface area contributed by atoms with Crippen LogP contribution >= 0.6 is 0 Å². The van der Waals surface area contributed by atoms with Crippen molar-refractivity contribution in [1.82, 2.24) is 4.90 Å². The first-order valence-corrected chi connectivity index (χ1v) is 8.21. The molecule has 0 radical (unpaired) electrons. The number of benzene rings is 2. The van der Waals surface area contributed by atoms with Crippen molar-refractivity contribution in [3.63, 3.8) is 0 Å². The molecule has 122 valence electrons. The number of nitriles is 1. The number of piperazine rings is 1. The Bertz CT molecular complexity index is 782. The van der Waals surface area contributed by atoms with Gasteiger partial charge in [0.2, 0.25) is 0 Å². The van der Waals surface area contributed by atoms with Crippen LogP contribution in [0, 0.1) is 25.2 Å². The van der Waals surface area contributed by atoms with Crippen molar-refractivity contribution < 1.29 is 4.79 Å². The summed E-state index contributed by atoms with van der Waals surface area (Å²) in [5.74, 6) is 0.0418. The Balaban J connectivity index is 1.67. The molecule has 2 aromatic carbocycles. The van der Waals surface area contributed by atoms with Gasteiger partial charge in [-0.1, -0.05) is 12.1 Å². The Labute approximate surface area is 142 Å². The molecule has 1 fully saturated rings. The standard InChI is InChI=1S/C20H21N3O/c1-15-4-3-5-19(16(15)2)22-10-12-23(13-11-22)20(24)18-8-6-17(14-21)7-9-18/h3-9H,10-13H2,1-2H3. The largest absolute Gasteiger partial charge is 0.368 e. The zero-order chi connectivity index (χ0) is 17.1. The van der Waals surface area contributed by atoms with Gasteiger partial charge in [0, 0.05) is 37.4 Å². The summed E-state index contributed by atoms with van der Waals surface area (Å²) in [6.45, 7) is 7.39. The van der Waals surface area contributed by atoms with Crippen molar-refractivity contribution in [1.29, 1.82) is 5.26 Å². The van der Waals surface area contributed by atoms with Gasteiger partial charge in [0.05, 0.1) is 11.6 Å². The zero-order valence-corrected chi connectivity index (χ0v) is 14.1. The maximum Gasteiger partial charge on any atom is 0.253 e. The van der Waals surface area contributed by atoms with Gasteiger partial charge in [-0.3, -0.25) is 4.79 Å². The van der Waals surface area contributed by atoms with Gasteiger partial charge in [0.15, 0.2) is 0 Å². The lowest BCUT2D eigenvalue weighted by molar-refractivity contribution is 0.0747. The van der Waals surface area contributed by atoms with Gasteiger partial charge in [0.25, 0.3) is 5.91 Å². The molecular formula is C20H21N3O. The monoisotopic (exact) mass is 319 g/mol. The molecule has 4 heteroatoms. The number of amides is 1. The Morgan fingerprint density at radius 2 is 1.67 bits per heavy atom. The quantitative estimate of drug-likeness (QED) is 0.854. The van der Waals surface area contributed by atoms with Crippen LogP contribution in [-0.2, 0) is 0 Å². The Morgan fingerprint density at radius 1 is 1.00 bits per heavy atom. The second-order valence-corrected chi connectivity index (χ2v) is 6.19. The highest BCUT2D eigenvalue weighted by Crippen LogP contribution is 2.24. The minimum absolute atomic E-state index is 0.0418. The van der Waals surface area contributed by atoms with Crippen LogP contribution in [0.3, 0.4) is 0 Å². The summed E-state index contributed by atoms with van der Waals surface area (Å²) in [4.78, 5) is 16.8. The van der Waals surface area contributed by atoms with Crippen LogP contribution in [0.1, 0.15) is 27.0 Å². The van der Waals surface area contributed by atoms with E-state index >= 15 is 0 Å². The van der Waals surface area contributed by atoms with Crippen LogP contribution in [0.5, 0.6) is 0 Å². The van der Waals surface area contributed by atoms with E-state index in [4.69, 9.17) is 5.26 Å². The summed E-state index contributed by atoms with van der Waals surface area (Å²) < 4.78 is 0. The summed E-state index contributed by atoms with van der Waals surface area (Å²) in [6, 6.07) is 15.3. The summed E-state index contributed by atoms with van der Waals surface area (Å²) in [7, 11) is 0. The number of hydrogen-bond donors (Lipinski definition) is 0. The van der Waals surface area contributed by atoms with Gasteiger partial charge >= 0.3 is 0 Å². The molecule has 0 N–H and O–H groups in total. The smallest absolute Gasteiger partial charge is 0.253 e. The predicted molar refractivity (Wildman–Crippen MR) is 95.2 cm³/mol. The number of nitrogens with zero attached hydrogens (tertiary/aromatic N) is 3. The molecule has 3 rings (SSSR count). The average molecular weight is 319 g/mol. The van der Waals surface area contributed by atoms with Gasteiger partial charge < -0.3 is 9.80 Å². The molecule has 0 unspecified atom stereocenters. The molecular weight excluding hydrogens is 298 g/mol. The Morgan fingerprint density at radius 3 is 2.29 bits per heavy atom. The molecule has 1 aliphatic heterocycles. The van der Waals surface area contributed by atoms with Crippen LogP contribution in [0.25, 0.3) is 0 Å². The third-order valence-electron chi connectivity index (χ3n) is 4.74. The minimum atomic E-state index is 0.0418. The van der Waals surface area contributed by atoms with E-state index in [-0.39, 0.29) is 5.91 Å². The maximum absolute atomic E-state index is 12.6. The molecule has 0 aromatic heterocycles. The fourth-order valence-electron chi connectivity index (χ4n) is 3.10. The highest BCUT2D eigenvalue weighted by molar-refractivity contribution is 5.94. The van der Waals surface area contributed by atoms with E-state index in [0.717, 1.165) is 13.1 Å². The third-order valence-corrected chi connectivity index (χ3v) is 4.74. The van der Waals surface area contributed by atoms with Crippen molar-refractivity contribution in [3.8, 4) is 6.07 Å². The number of aryl methyl sites for hydroxylation is 1. The molecule has 1 heterocycles. The molecule has 0 atom stereocenters. The molecule has 4 nitrogen and oxygen atoms in total. The van der Waals surface area contributed by atoms with Gasteiger partial charge in [0.1, 0.15) is 0 Å². The molecule has 0 spiro atoms. The summed E-state index contributed by atoms with van der Waals surface area (Å²) in [5.41, 5.74) is 5.09. The van der Waals surface area contributed by atoms with Crippen LogP contribution < -0.4 is 4.90 Å². The second kappa shape index (κ2) is 6.76. The van der Waals surface area contributed by atoms with Crippen molar-refractivity contribution in [2.24, 2.45) is 0 Å². The molecule has 0 saturated carbocycles. The number of carbonyl (C=O) groups excluding carboxylic acids is 1. The first-order chi connectivity index (χ1) is 11.6.